The van der Waals surface area contributed by atoms with Crippen LogP contribution in [0.1, 0.15) is 5.82 Å². The van der Waals surface area contributed by atoms with Crippen LogP contribution >= 0.6 is 0 Å². The zero-order valence-corrected chi connectivity index (χ0v) is 15.0. The maximum absolute atomic E-state index is 12.5. The molecule has 8 heteroatoms. The number of ether oxygens (including phenoxy) is 1. The maximum atomic E-state index is 12.5. The molecule has 4 rings (SSSR count). The first-order valence-electron chi connectivity index (χ1n) is 8.61. The average molecular weight is 375 g/mol. The van der Waals surface area contributed by atoms with Gasteiger partial charge in [-0.25, -0.2) is 9.61 Å². The van der Waals surface area contributed by atoms with Crippen molar-refractivity contribution in [2.24, 2.45) is 0 Å². The van der Waals surface area contributed by atoms with Crippen LogP contribution in [0.3, 0.4) is 0 Å². The molecule has 0 atom stereocenters. The van der Waals surface area contributed by atoms with Gasteiger partial charge in [0, 0.05) is 5.56 Å². The second-order valence-electron chi connectivity index (χ2n) is 6.09. The van der Waals surface area contributed by atoms with Crippen molar-refractivity contribution in [1.29, 1.82) is 0 Å². The predicted octanol–water partition coefficient (Wildman–Crippen LogP) is 2.27. The number of carbonyl (C=O) groups is 1. The molecule has 4 aromatic rings. The summed E-state index contributed by atoms with van der Waals surface area (Å²) in [5.74, 6) is 0.576. The van der Waals surface area contributed by atoms with Crippen LogP contribution in [0.4, 0.5) is 5.69 Å². The lowest BCUT2D eigenvalue weighted by Crippen LogP contribution is -2.22. The number of carbonyl (C=O) groups excluding carboxylic acids is 1. The monoisotopic (exact) mass is 375 g/mol. The van der Waals surface area contributed by atoms with Gasteiger partial charge in [0.25, 0.3) is 5.56 Å². The Morgan fingerprint density at radius 3 is 2.68 bits per heavy atom. The molecule has 0 radical (unpaired) electrons. The number of nitrogens with one attached hydrogen (secondary N) is 2. The number of hydrogen-bond acceptors (Lipinski definition) is 5. The van der Waals surface area contributed by atoms with Gasteiger partial charge < -0.3 is 10.1 Å². The van der Waals surface area contributed by atoms with E-state index in [1.54, 1.807) is 24.3 Å². The van der Waals surface area contributed by atoms with Gasteiger partial charge in [0.1, 0.15) is 11.3 Å². The van der Waals surface area contributed by atoms with Crippen molar-refractivity contribution in [3.63, 3.8) is 0 Å². The van der Waals surface area contributed by atoms with E-state index in [4.69, 9.17) is 4.74 Å². The molecule has 2 aromatic carbocycles. The second kappa shape index (κ2) is 7.36. The fourth-order valence-electron chi connectivity index (χ4n) is 2.91. The van der Waals surface area contributed by atoms with E-state index >= 15 is 0 Å². The van der Waals surface area contributed by atoms with Crippen LogP contribution in [-0.2, 0) is 11.2 Å². The molecule has 0 saturated carbocycles. The number of nitrogens with zero attached hydrogens (tertiary/aromatic N) is 3. The number of hydrogen-bond donors (Lipinski definition) is 2. The van der Waals surface area contributed by atoms with Crippen LogP contribution in [-0.4, -0.2) is 32.8 Å². The fraction of sp³-hybridized carbons (Fsp3) is 0.100. The highest BCUT2D eigenvalue weighted by atomic mass is 16.5. The molecule has 0 aliphatic heterocycles. The molecule has 0 aliphatic rings. The highest BCUT2D eigenvalue weighted by Crippen LogP contribution is 2.23. The lowest BCUT2D eigenvalue weighted by molar-refractivity contribution is -0.115. The normalized spacial score (nSPS) is 10.8. The first kappa shape index (κ1) is 17.5. The zero-order chi connectivity index (χ0) is 19.5. The van der Waals surface area contributed by atoms with E-state index in [0.717, 1.165) is 5.56 Å². The zero-order valence-electron chi connectivity index (χ0n) is 15.0. The van der Waals surface area contributed by atoms with Crippen LogP contribution in [0.25, 0.3) is 16.8 Å². The minimum absolute atomic E-state index is 0.0682. The SMILES string of the molecule is COc1ccccc1NC(=O)Cc1n[nH]c(=O)c2cc(-c3ccccc3)nn12. The molecular weight excluding hydrogens is 358 g/mol. The van der Waals surface area contributed by atoms with Crippen molar-refractivity contribution in [1.82, 2.24) is 19.8 Å². The van der Waals surface area contributed by atoms with E-state index in [1.165, 1.54) is 11.6 Å². The molecular formula is C20H17N5O3. The highest BCUT2D eigenvalue weighted by Gasteiger charge is 2.15. The van der Waals surface area contributed by atoms with Gasteiger partial charge in [0.2, 0.25) is 5.91 Å². The molecule has 0 aliphatic carbocycles. The van der Waals surface area contributed by atoms with Crippen molar-refractivity contribution >= 4 is 17.1 Å². The molecule has 2 aromatic heterocycles. The Bertz CT molecular complexity index is 1200. The number of para-hydroxylation sites is 2. The number of amides is 1. The van der Waals surface area contributed by atoms with Gasteiger partial charge in [0.05, 0.1) is 24.9 Å². The average Bonchev–Trinajstić information content (AvgIpc) is 3.18. The maximum Gasteiger partial charge on any atom is 0.290 e. The number of benzene rings is 2. The molecule has 2 N–H and O–H groups in total. The summed E-state index contributed by atoms with van der Waals surface area (Å²) in [5, 5.41) is 13.7. The van der Waals surface area contributed by atoms with Crippen molar-refractivity contribution in [3.05, 3.63) is 76.8 Å². The lowest BCUT2D eigenvalue weighted by Gasteiger charge is -2.09. The van der Waals surface area contributed by atoms with E-state index in [1.807, 2.05) is 36.4 Å². The minimum atomic E-state index is -0.372. The Kier molecular flexibility index (Phi) is 4.59. The number of rotatable bonds is 5. The number of aromatic nitrogens is 4. The van der Waals surface area contributed by atoms with Gasteiger partial charge in [-0.3, -0.25) is 9.59 Å². The van der Waals surface area contributed by atoms with E-state index in [9.17, 15) is 9.59 Å². The number of H-pyrrole nitrogens is 1. The quantitative estimate of drug-likeness (QED) is 0.557. The Morgan fingerprint density at radius 2 is 1.89 bits per heavy atom. The van der Waals surface area contributed by atoms with Gasteiger partial charge >= 0.3 is 0 Å². The summed E-state index contributed by atoms with van der Waals surface area (Å²) in [7, 11) is 1.53. The van der Waals surface area contributed by atoms with Crippen LogP contribution in [0.15, 0.2) is 65.5 Å². The van der Waals surface area contributed by atoms with Gasteiger partial charge in [-0.1, -0.05) is 42.5 Å². The molecule has 0 bridgehead atoms. The molecule has 140 valence electrons. The summed E-state index contributed by atoms with van der Waals surface area (Å²) in [6, 6.07) is 18.3. The van der Waals surface area contributed by atoms with Crippen molar-refractivity contribution < 1.29 is 9.53 Å². The van der Waals surface area contributed by atoms with E-state index < -0.39 is 0 Å². The van der Waals surface area contributed by atoms with Crippen LogP contribution in [0, 0.1) is 0 Å². The molecule has 28 heavy (non-hydrogen) atoms. The standard InChI is InChI=1S/C20H17N5O3/c1-28-17-10-6-5-9-14(17)21-19(26)12-18-22-23-20(27)16-11-15(24-25(16)18)13-7-3-2-4-8-13/h2-11H,12H2,1H3,(H,21,26)(H,23,27). The van der Waals surface area contributed by atoms with Gasteiger partial charge in [-0.05, 0) is 18.2 Å². The Balaban J connectivity index is 1.65. The molecule has 0 spiro atoms. The van der Waals surface area contributed by atoms with Crippen LogP contribution < -0.4 is 15.6 Å². The predicted molar refractivity (Wildman–Crippen MR) is 104 cm³/mol. The smallest absolute Gasteiger partial charge is 0.290 e. The molecule has 2 heterocycles. The Labute approximate surface area is 159 Å². The van der Waals surface area contributed by atoms with Crippen molar-refractivity contribution in [2.45, 2.75) is 6.42 Å². The molecule has 8 nitrogen and oxygen atoms in total. The second-order valence-corrected chi connectivity index (χ2v) is 6.09. The van der Waals surface area contributed by atoms with Crippen LogP contribution in [0.5, 0.6) is 5.75 Å². The van der Waals surface area contributed by atoms with Crippen molar-refractivity contribution in [2.75, 3.05) is 12.4 Å². The topological polar surface area (TPSA) is 101 Å². The Hall–Kier alpha value is -3.94. The molecule has 0 fully saturated rings. The molecule has 1 amide bonds. The third kappa shape index (κ3) is 3.35. The van der Waals surface area contributed by atoms with Crippen molar-refractivity contribution in [3.8, 4) is 17.0 Å². The summed E-state index contributed by atoms with van der Waals surface area (Å²) in [5.41, 5.74) is 2.01. The first-order chi connectivity index (χ1) is 13.7. The summed E-state index contributed by atoms with van der Waals surface area (Å²) in [6.07, 6.45) is -0.0682. The number of fused-ring (bicyclic) bond motifs is 1. The highest BCUT2D eigenvalue weighted by molar-refractivity contribution is 5.93. The fourth-order valence-corrected chi connectivity index (χ4v) is 2.91. The van der Waals surface area contributed by atoms with E-state index in [-0.39, 0.29) is 17.9 Å². The number of methoxy groups -OCH3 is 1. The summed E-state index contributed by atoms with van der Waals surface area (Å²) in [4.78, 5) is 24.7. The first-order valence-corrected chi connectivity index (χ1v) is 8.61. The number of anilines is 1. The molecule has 0 unspecified atom stereocenters. The summed E-state index contributed by atoms with van der Waals surface area (Å²) < 4.78 is 6.65. The summed E-state index contributed by atoms with van der Waals surface area (Å²) in [6.45, 7) is 0. The van der Waals surface area contributed by atoms with E-state index in [2.05, 4.69) is 20.6 Å². The Morgan fingerprint density at radius 1 is 1.14 bits per heavy atom. The lowest BCUT2D eigenvalue weighted by atomic mass is 10.1. The van der Waals surface area contributed by atoms with Gasteiger partial charge in [0.15, 0.2) is 5.82 Å². The minimum Gasteiger partial charge on any atom is -0.495 e. The molecule has 0 saturated heterocycles. The van der Waals surface area contributed by atoms with E-state index in [0.29, 0.717) is 28.5 Å². The largest absolute Gasteiger partial charge is 0.495 e. The van der Waals surface area contributed by atoms with Crippen LogP contribution in [0.2, 0.25) is 0 Å². The number of aromatic amines is 1. The summed E-state index contributed by atoms with van der Waals surface area (Å²) >= 11 is 0. The van der Waals surface area contributed by atoms with Gasteiger partial charge in [-0.15, -0.1) is 0 Å². The third-order valence-electron chi connectivity index (χ3n) is 4.24. The third-order valence-corrected chi connectivity index (χ3v) is 4.24. The van der Waals surface area contributed by atoms with Gasteiger partial charge in [-0.2, -0.15) is 10.2 Å².